The van der Waals surface area contributed by atoms with Crippen LogP contribution in [0.1, 0.15) is 12.8 Å². The Balaban J connectivity index is 0.00000169. The van der Waals surface area contributed by atoms with Gasteiger partial charge in [0.25, 0.3) is 0 Å². The third-order valence-corrected chi connectivity index (χ3v) is 3.41. The molecule has 0 aromatic rings. The molecule has 1 aliphatic heterocycles. The van der Waals surface area contributed by atoms with Crippen LogP contribution in [0.25, 0.3) is 0 Å². The standard InChI is InChI=1S/C9H17NO2S.ClH/c1-12-9(11)7-13-6-8-2-4-10-5-3-8;/h8,10H,2-7H2,1H3;1H. The van der Waals surface area contributed by atoms with Crippen molar-refractivity contribution in [3.63, 3.8) is 0 Å². The van der Waals surface area contributed by atoms with Crippen LogP contribution < -0.4 is 5.32 Å². The average Bonchev–Trinajstić information content (AvgIpc) is 2.19. The summed E-state index contributed by atoms with van der Waals surface area (Å²) in [7, 11) is 1.44. The lowest BCUT2D eigenvalue weighted by Gasteiger charge is -2.21. The first-order chi connectivity index (χ1) is 6.33. The number of carbonyl (C=O) groups excluding carboxylic acids is 1. The Hall–Kier alpha value is 0.0700. The monoisotopic (exact) mass is 239 g/mol. The third kappa shape index (κ3) is 5.73. The number of nitrogens with one attached hydrogen (secondary N) is 1. The number of piperidine rings is 1. The Morgan fingerprint density at radius 3 is 2.71 bits per heavy atom. The highest BCUT2D eigenvalue weighted by molar-refractivity contribution is 7.99. The van der Waals surface area contributed by atoms with Crippen LogP contribution in [-0.4, -0.2) is 37.7 Å². The summed E-state index contributed by atoms with van der Waals surface area (Å²) in [6, 6.07) is 0. The predicted molar refractivity (Wildman–Crippen MR) is 62.2 cm³/mol. The molecule has 1 aliphatic rings. The van der Waals surface area contributed by atoms with E-state index in [9.17, 15) is 4.79 Å². The highest BCUT2D eigenvalue weighted by Gasteiger charge is 2.13. The molecule has 84 valence electrons. The van der Waals surface area contributed by atoms with Crippen molar-refractivity contribution in [2.75, 3.05) is 31.7 Å². The van der Waals surface area contributed by atoms with E-state index in [0.717, 1.165) is 24.8 Å². The van der Waals surface area contributed by atoms with Gasteiger partial charge in [0.2, 0.25) is 0 Å². The maximum atomic E-state index is 10.8. The Kier molecular flexibility index (Phi) is 8.43. The van der Waals surface area contributed by atoms with Gasteiger partial charge in [-0.2, -0.15) is 0 Å². The number of rotatable bonds is 4. The lowest BCUT2D eigenvalue weighted by atomic mass is 10.0. The van der Waals surface area contributed by atoms with Crippen molar-refractivity contribution in [1.82, 2.24) is 5.32 Å². The van der Waals surface area contributed by atoms with E-state index in [2.05, 4.69) is 10.1 Å². The highest BCUT2D eigenvalue weighted by Crippen LogP contribution is 2.17. The molecule has 5 heteroatoms. The first kappa shape index (κ1) is 14.1. The van der Waals surface area contributed by atoms with Crippen LogP contribution in [0.2, 0.25) is 0 Å². The van der Waals surface area contributed by atoms with Gasteiger partial charge in [0.1, 0.15) is 0 Å². The summed E-state index contributed by atoms with van der Waals surface area (Å²) < 4.78 is 4.57. The number of carbonyl (C=O) groups is 1. The van der Waals surface area contributed by atoms with Gasteiger partial charge in [0, 0.05) is 0 Å². The zero-order valence-electron chi connectivity index (χ0n) is 8.45. The zero-order chi connectivity index (χ0) is 9.52. The van der Waals surface area contributed by atoms with Crippen LogP contribution in [0.3, 0.4) is 0 Å². The van der Waals surface area contributed by atoms with Crippen molar-refractivity contribution in [1.29, 1.82) is 0 Å². The second-order valence-electron chi connectivity index (χ2n) is 3.28. The Labute approximate surface area is 95.8 Å². The molecule has 0 unspecified atom stereocenters. The first-order valence-corrected chi connectivity index (χ1v) is 5.83. The molecule has 1 saturated heterocycles. The molecule has 3 nitrogen and oxygen atoms in total. The van der Waals surface area contributed by atoms with E-state index in [-0.39, 0.29) is 18.4 Å². The fourth-order valence-electron chi connectivity index (χ4n) is 1.42. The molecule has 1 fully saturated rings. The number of esters is 1. The van der Waals surface area contributed by atoms with E-state index < -0.39 is 0 Å². The molecule has 0 bridgehead atoms. The molecule has 0 aliphatic carbocycles. The van der Waals surface area contributed by atoms with Crippen molar-refractivity contribution in [3.8, 4) is 0 Å². The normalized spacial score (nSPS) is 17.2. The van der Waals surface area contributed by atoms with Crippen molar-refractivity contribution in [3.05, 3.63) is 0 Å². The smallest absolute Gasteiger partial charge is 0.315 e. The maximum Gasteiger partial charge on any atom is 0.315 e. The molecule has 0 spiro atoms. The maximum absolute atomic E-state index is 10.8. The molecular weight excluding hydrogens is 222 g/mol. The van der Waals surface area contributed by atoms with Crippen molar-refractivity contribution < 1.29 is 9.53 Å². The van der Waals surface area contributed by atoms with Gasteiger partial charge in [0.05, 0.1) is 12.9 Å². The van der Waals surface area contributed by atoms with E-state index in [1.165, 1.54) is 20.0 Å². The summed E-state index contributed by atoms with van der Waals surface area (Å²) in [5.41, 5.74) is 0. The lowest BCUT2D eigenvalue weighted by Crippen LogP contribution is -2.28. The van der Waals surface area contributed by atoms with E-state index in [1.54, 1.807) is 11.8 Å². The van der Waals surface area contributed by atoms with Gasteiger partial charge in [-0.25, -0.2) is 0 Å². The Bertz CT molecular complexity index is 163. The van der Waals surface area contributed by atoms with Crippen LogP contribution in [-0.2, 0) is 9.53 Å². The second kappa shape index (κ2) is 8.38. The van der Waals surface area contributed by atoms with Gasteiger partial charge in [-0.3, -0.25) is 4.79 Å². The van der Waals surface area contributed by atoms with E-state index >= 15 is 0 Å². The summed E-state index contributed by atoms with van der Waals surface area (Å²) in [6.45, 7) is 2.26. The van der Waals surface area contributed by atoms with Crippen LogP contribution in [0.4, 0.5) is 0 Å². The van der Waals surface area contributed by atoms with Gasteiger partial charge in [-0.15, -0.1) is 24.2 Å². The predicted octanol–water partition coefficient (Wildman–Crippen LogP) is 1.31. The van der Waals surface area contributed by atoms with Crippen LogP contribution in [0, 0.1) is 5.92 Å². The molecule has 0 aromatic heterocycles. The van der Waals surface area contributed by atoms with E-state index in [0.29, 0.717) is 5.75 Å². The molecule has 0 radical (unpaired) electrons. The van der Waals surface area contributed by atoms with Crippen LogP contribution >= 0.6 is 24.2 Å². The number of methoxy groups -OCH3 is 1. The molecular formula is C9H18ClNO2S. The van der Waals surface area contributed by atoms with Crippen molar-refractivity contribution in [2.24, 2.45) is 5.92 Å². The first-order valence-electron chi connectivity index (χ1n) is 4.68. The van der Waals surface area contributed by atoms with Crippen molar-refractivity contribution in [2.45, 2.75) is 12.8 Å². The fraction of sp³-hybridized carbons (Fsp3) is 0.889. The molecule has 0 atom stereocenters. The molecule has 0 saturated carbocycles. The van der Waals surface area contributed by atoms with Gasteiger partial charge >= 0.3 is 5.97 Å². The molecule has 1 rings (SSSR count). The van der Waals surface area contributed by atoms with Crippen LogP contribution in [0.5, 0.6) is 0 Å². The summed E-state index contributed by atoms with van der Waals surface area (Å²) in [5, 5.41) is 3.32. The molecule has 0 amide bonds. The fourth-order valence-corrected chi connectivity index (χ4v) is 2.49. The molecule has 14 heavy (non-hydrogen) atoms. The minimum atomic E-state index is -0.112. The summed E-state index contributed by atoms with van der Waals surface area (Å²) in [5.74, 6) is 2.27. The minimum absolute atomic E-state index is 0. The van der Waals surface area contributed by atoms with Gasteiger partial charge < -0.3 is 10.1 Å². The topological polar surface area (TPSA) is 38.3 Å². The Morgan fingerprint density at radius 1 is 1.50 bits per heavy atom. The van der Waals surface area contributed by atoms with Crippen LogP contribution in [0.15, 0.2) is 0 Å². The summed E-state index contributed by atoms with van der Waals surface area (Å²) >= 11 is 1.69. The van der Waals surface area contributed by atoms with Gasteiger partial charge in [0.15, 0.2) is 0 Å². The van der Waals surface area contributed by atoms with Crippen molar-refractivity contribution >= 4 is 30.1 Å². The van der Waals surface area contributed by atoms with E-state index in [4.69, 9.17) is 0 Å². The second-order valence-corrected chi connectivity index (χ2v) is 4.31. The number of hydrogen-bond acceptors (Lipinski definition) is 4. The summed E-state index contributed by atoms with van der Waals surface area (Å²) in [6.07, 6.45) is 2.49. The molecule has 0 aromatic carbocycles. The number of ether oxygens (including phenoxy) is 1. The minimum Gasteiger partial charge on any atom is -0.468 e. The van der Waals surface area contributed by atoms with Gasteiger partial charge in [-0.05, 0) is 37.6 Å². The highest BCUT2D eigenvalue weighted by atomic mass is 35.5. The third-order valence-electron chi connectivity index (χ3n) is 2.26. The van der Waals surface area contributed by atoms with E-state index in [1.807, 2.05) is 0 Å². The quantitative estimate of drug-likeness (QED) is 0.751. The lowest BCUT2D eigenvalue weighted by molar-refractivity contribution is -0.137. The Morgan fingerprint density at radius 2 is 2.14 bits per heavy atom. The SMILES string of the molecule is COC(=O)CSCC1CCNCC1.Cl. The number of thioether (sulfide) groups is 1. The zero-order valence-corrected chi connectivity index (χ0v) is 10.1. The molecule has 1 N–H and O–H groups in total. The van der Waals surface area contributed by atoms with Gasteiger partial charge in [-0.1, -0.05) is 0 Å². The molecule has 1 heterocycles. The number of halogens is 1. The largest absolute Gasteiger partial charge is 0.468 e. The number of hydrogen-bond donors (Lipinski definition) is 1. The average molecular weight is 240 g/mol. The summed E-state index contributed by atoms with van der Waals surface area (Å²) in [4.78, 5) is 10.8.